The average molecular weight is 357 g/mol. The summed E-state index contributed by atoms with van der Waals surface area (Å²) in [6, 6.07) is 22.0. The zero-order valence-electron chi connectivity index (χ0n) is 12.1. The molecule has 0 spiro atoms. The highest BCUT2D eigenvalue weighted by molar-refractivity contribution is 9.10. The van der Waals surface area contributed by atoms with E-state index < -0.39 is 6.10 Å². The molecule has 1 atom stereocenters. The molecule has 3 aromatic carbocycles. The summed E-state index contributed by atoms with van der Waals surface area (Å²) >= 11 is 3.41. The summed E-state index contributed by atoms with van der Waals surface area (Å²) in [7, 11) is 0. The number of fused-ring (bicyclic) bond motifs is 1. The first-order valence-corrected chi connectivity index (χ1v) is 8.01. The van der Waals surface area contributed by atoms with Gasteiger partial charge in [-0.25, -0.2) is 0 Å². The van der Waals surface area contributed by atoms with Gasteiger partial charge in [0.25, 0.3) is 0 Å². The van der Waals surface area contributed by atoms with E-state index in [0.717, 1.165) is 26.4 Å². The van der Waals surface area contributed by atoms with Crippen molar-refractivity contribution in [1.29, 1.82) is 0 Å². The standard InChI is InChI=1S/C19H17BrO2/c20-16-10-8-14(9-11-16)12-22-13-19(21)18-7-3-5-15-4-1-2-6-17(15)18/h1-11,19,21H,12-13H2. The Morgan fingerprint density at radius 1 is 0.909 bits per heavy atom. The Hall–Kier alpha value is -1.68. The lowest BCUT2D eigenvalue weighted by Crippen LogP contribution is -2.07. The third kappa shape index (κ3) is 3.55. The molecule has 0 heterocycles. The molecule has 0 fully saturated rings. The van der Waals surface area contributed by atoms with E-state index in [4.69, 9.17) is 4.74 Å². The highest BCUT2D eigenvalue weighted by atomic mass is 79.9. The van der Waals surface area contributed by atoms with Crippen molar-refractivity contribution in [3.8, 4) is 0 Å². The molecule has 112 valence electrons. The summed E-state index contributed by atoms with van der Waals surface area (Å²) in [5.41, 5.74) is 2.00. The van der Waals surface area contributed by atoms with Gasteiger partial charge in [0.05, 0.1) is 13.2 Å². The van der Waals surface area contributed by atoms with Crippen molar-refractivity contribution in [2.75, 3.05) is 6.61 Å². The number of ether oxygens (including phenoxy) is 1. The maximum absolute atomic E-state index is 10.4. The lowest BCUT2D eigenvalue weighted by atomic mass is 10.0. The van der Waals surface area contributed by atoms with E-state index in [-0.39, 0.29) is 6.61 Å². The zero-order chi connectivity index (χ0) is 15.4. The first-order valence-electron chi connectivity index (χ1n) is 7.22. The minimum atomic E-state index is -0.624. The van der Waals surface area contributed by atoms with E-state index in [2.05, 4.69) is 15.9 Å². The van der Waals surface area contributed by atoms with Gasteiger partial charge in [-0.1, -0.05) is 70.5 Å². The molecular formula is C19H17BrO2. The third-order valence-corrected chi connectivity index (χ3v) is 4.17. The molecule has 0 aliphatic carbocycles. The number of halogens is 1. The SMILES string of the molecule is OC(COCc1ccc(Br)cc1)c1cccc2ccccc12. The number of hydrogen-bond donors (Lipinski definition) is 1. The number of aliphatic hydroxyl groups excluding tert-OH is 1. The predicted molar refractivity (Wildman–Crippen MR) is 92.7 cm³/mol. The number of rotatable bonds is 5. The largest absolute Gasteiger partial charge is 0.386 e. The van der Waals surface area contributed by atoms with Gasteiger partial charge in [0.2, 0.25) is 0 Å². The van der Waals surface area contributed by atoms with Crippen LogP contribution in [0.4, 0.5) is 0 Å². The smallest absolute Gasteiger partial charge is 0.103 e. The summed E-state index contributed by atoms with van der Waals surface area (Å²) in [5, 5.41) is 12.6. The molecule has 3 heteroatoms. The number of benzene rings is 3. The molecule has 0 bridgehead atoms. The molecule has 1 unspecified atom stereocenters. The molecule has 22 heavy (non-hydrogen) atoms. The zero-order valence-corrected chi connectivity index (χ0v) is 13.7. The van der Waals surface area contributed by atoms with Crippen molar-refractivity contribution in [1.82, 2.24) is 0 Å². The van der Waals surface area contributed by atoms with Gasteiger partial charge in [0.15, 0.2) is 0 Å². The highest BCUT2D eigenvalue weighted by Crippen LogP contribution is 2.24. The second kappa shape index (κ2) is 7.05. The normalized spacial score (nSPS) is 12.5. The van der Waals surface area contributed by atoms with Crippen molar-refractivity contribution < 1.29 is 9.84 Å². The van der Waals surface area contributed by atoms with Crippen molar-refractivity contribution >= 4 is 26.7 Å². The monoisotopic (exact) mass is 356 g/mol. The van der Waals surface area contributed by atoms with Gasteiger partial charge in [0.1, 0.15) is 6.10 Å². The minimum Gasteiger partial charge on any atom is -0.386 e. The summed E-state index contributed by atoms with van der Waals surface area (Å²) < 4.78 is 6.71. The van der Waals surface area contributed by atoms with Crippen LogP contribution in [0.15, 0.2) is 71.2 Å². The van der Waals surface area contributed by atoms with Gasteiger partial charge in [-0.3, -0.25) is 0 Å². The maximum Gasteiger partial charge on any atom is 0.103 e. The topological polar surface area (TPSA) is 29.5 Å². The Bertz CT molecular complexity index is 747. The van der Waals surface area contributed by atoms with Crippen LogP contribution in [-0.4, -0.2) is 11.7 Å². The number of hydrogen-bond acceptors (Lipinski definition) is 2. The van der Waals surface area contributed by atoms with Gasteiger partial charge >= 0.3 is 0 Å². The van der Waals surface area contributed by atoms with Crippen LogP contribution in [0.25, 0.3) is 10.8 Å². The van der Waals surface area contributed by atoms with Gasteiger partial charge < -0.3 is 9.84 Å². The van der Waals surface area contributed by atoms with Crippen molar-refractivity contribution in [2.45, 2.75) is 12.7 Å². The molecule has 1 N–H and O–H groups in total. The first kappa shape index (κ1) is 15.2. The van der Waals surface area contributed by atoms with E-state index >= 15 is 0 Å². The first-order chi connectivity index (χ1) is 10.7. The van der Waals surface area contributed by atoms with Crippen LogP contribution in [0.2, 0.25) is 0 Å². The lowest BCUT2D eigenvalue weighted by molar-refractivity contribution is 0.0284. The van der Waals surface area contributed by atoms with E-state index in [0.29, 0.717) is 6.61 Å². The molecule has 3 aromatic rings. The van der Waals surface area contributed by atoms with Crippen LogP contribution in [-0.2, 0) is 11.3 Å². The van der Waals surface area contributed by atoms with Crippen LogP contribution in [0.3, 0.4) is 0 Å². The third-order valence-electron chi connectivity index (χ3n) is 3.64. The molecule has 0 aliphatic heterocycles. The minimum absolute atomic E-state index is 0.282. The summed E-state index contributed by atoms with van der Waals surface area (Å²) in [6.07, 6.45) is -0.624. The molecular weight excluding hydrogens is 340 g/mol. The van der Waals surface area contributed by atoms with E-state index in [1.54, 1.807) is 0 Å². The molecule has 0 saturated heterocycles. The lowest BCUT2D eigenvalue weighted by Gasteiger charge is -2.14. The Morgan fingerprint density at radius 3 is 2.45 bits per heavy atom. The Morgan fingerprint density at radius 2 is 1.64 bits per heavy atom. The molecule has 0 aliphatic rings. The highest BCUT2D eigenvalue weighted by Gasteiger charge is 2.11. The average Bonchev–Trinajstić information content (AvgIpc) is 2.56. The van der Waals surface area contributed by atoms with Crippen molar-refractivity contribution in [2.24, 2.45) is 0 Å². The van der Waals surface area contributed by atoms with E-state index in [9.17, 15) is 5.11 Å². The van der Waals surface area contributed by atoms with Crippen LogP contribution in [0.1, 0.15) is 17.2 Å². The fourth-order valence-corrected chi connectivity index (χ4v) is 2.76. The molecule has 0 radical (unpaired) electrons. The summed E-state index contributed by atoms with van der Waals surface area (Å²) in [5.74, 6) is 0. The van der Waals surface area contributed by atoms with Gasteiger partial charge in [-0.15, -0.1) is 0 Å². The Kier molecular flexibility index (Phi) is 4.88. The summed E-state index contributed by atoms with van der Waals surface area (Å²) in [4.78, 5) is 0. The van der Waals surface area contributed by atoms with E-state index in [1.807, 2.05) is 66.7 Å². The second-order valence-electron chi connectivity index (χ2n) is 5.23. The fourth-order valence-electron chi connectivity index (χ4n) is 2.50. The fraction of sp³-hybridized carbons (Fsp3) is 0.158. The quantitative estimate of drug-likeness (QED) is 0.707. The molecule has 3 rings (SSSR count). The van der Waals surface area contributed by atoms with E-state index in [1.165, 1.54) is 0 Å². The van der Waals surface area contributed by atoms with Crippen LogP contribution in [0.5, 0.6) is 0 Å². The molecule has 0 amide bonds. The molecule has 0 saturated carbocycles. The van der Waals surface area contributed by atoms with Crippen LogP contribution in [0, 0.1) is 0 Å². The van der Waals surface area contributed by atoms with Crippen molar-refractivity contribution in [3.63, 3.8) is 0 Å². The van der Waals surface area contributed by atoms with Gasteiger partial charge in [-0.05, 0) is 34.0 Å². The molecule has 0 aromatic heterocycles. The Labute approximate surface area is 138 Å². The van der Waals surface area contributed by atoms with Crippen molar-refractivity contribution in [3.05, 3.63) is 82.3 Å². The van der Waals surface area contributed by atoms with Crippen LogP contribution < -0.4 is 0 Å². The summed E-state index contributed by atoms with van der Waals surface area (Å²) in [6.45, 7) is 0.777. The van der Waals surface area contributed by atoms with Gasteiger partial charge in [-0.2, -0.15) is 0 Å². The predicted octanol–water partition coefficient (Wildman–Crippen LogP) is 4.85. The van der Waals surface area contributed by atoms with Gasteiger partial charge in [0, 0.05) is 4.47 Å². The maximum atomic E-state index is 10.4. The second-order valence-corrected chi connectivity index (χ2v) is 6.14. The number of aliphatic hydroxyl groups is 1. The molecule has 2 nitrogen and oxygen atoms in total. The Balaban J connectivity index is 1.66. The van der Waals surface area contributed by atoms with Crippen LogP contribution >= 0.6 is 15.9 Å².